The predicted octanol–water partition coefficient (Wildman–Crippen LogP) is -0.233. The second-order valence-electron chi connectivity index (χ2n) is 3.65. The van der Waals surface area contributed by atoms with Gasteiger partial charge in [0.1, 0.15) is 0 Å². The van der Waals surface area contributed by atoms with Crippen molar-refractivity contribution in [3.63, 3.8) is 0 Å². The van der Waals surface area contributed by atoms with Crippen LogP contribution in [0, 0.1) is 0 Å². The Morgan fingerprint density at radius 2 is 2.00 bits per heavy atom. The molecule has 5 heteroatoms. The first kappa shape index (κ1) is 11.0. The summed E-state index contributed by atoms with van der Waals surface area (Å²) in [5.41, 5.74) is 0. The van der Waals surface area contributed by atoms with Crippen molar-refractivity contribution >= 4 is 11.8 Å². The fraction of sp³-hybridized carbons (Fsp3) is 0.778. The van der Waals surface area contributed by atoms with Gasteiger partial charge < -0.3 is 5.32 Å². The molecule has 1 rings (SSSR count). The van der Waals surface area contributed by atoms with Crippen LogP contribution in [0.5, 0.6) is 0 Å². The Bertz CT molecular complexity index is 224. The monoisotopic (exact) mass is 199 g/mol. The van der Waals surface area contributed by atoms with Gasteiger partial charge in [0.05, 0.1) is 6.54 Å². The van der Waals surface area contributed by atoms with Crippen molar-refractivity contribution in [2.45, 2.75) is 38.6 Å². The molecule has 0 aromatic heterocycles. The highest BCUT2D eigenvalue weighted by atomic mass is 16.2. The minimum atomic E-state index is -0.216. The second kappa shape index (κ2) is 4.95. The Hall–Kier alpha value is -1.10. The number of carbonyl (C=O) groups excluding carboxylic acids is 2. The molecule has 1 aliphatic rings. The zero-order valence-electron chi connectivity index (χ0n) is 8.45. The van der Waals surface area contributed by atoms with Crippen LogP contribution in [0.3, 0.4) is 0 Å². The SMILES string of the molecule is CC(=O)NCC(=O)N(N)C1CCCC1. The Balaban J connectivity index is 2.31. The van der Waals surface area contributed by atoms with E-state index in [0.717, 1.165) is 25.7 Å². The van der Waals surface area contributed by atoms with Crippen molar-refractivity contribution in [3.8, 4) is 0 Å². The number of nitrogens with one attached hydrogen (secondary N) is 1. The molecule has 0 heterocycles. The highest BCUT2D eigenvalue weighted by molar-refractivity contribution is 5.83. The summed E-state index contributed by atoms with van der Waals surface area (Å²) in [6, 6.07) is 0.163. The minimum absolute atomic E-state index is 0.00231. The summed E-state index contributed by atoms with van der Waals surface area (Å²) in [5, 5.41) is 3.71. The van der Waals surface area contributed by atoms with Crippen molar-refractivity contribution in [2.24, 2.45) is 5.84 Å². The van der Waals surface area contributed by atoms with Gasteiger partial charge in [0.2, 0.25) is 5.91 Å². The van der Waals surface area contributed by atoms with Crippen molar-refractivity contribution in [3.05, 3.63) is 0 Å². The highest BCUT2D eigenvalue weighted by Crippen LogP contribution is 2.21. The molecule has 1 saturated carbocycles. The molecule has 0 aromatic carbocycles. The van der Waals surface area contributed by atoms with Crippen LogP contribution in [0.1, 0.15) is 32.6 Å². The summed E-state index contributed by atoms with van der Waals surface area (Å²) in [7, 11) is 0. The molecule has 0 radical (unpaired) electrons. The average Bonchev–Trinajstić information content (AvgIpc) is 2.65. The number of nitrogens with zero attached hydrogens (tertiary/aromatic N) is 1. The Morgan fingerprint density at radius 3 is 2.50 bits per heavy atom. The summed E-state index contributed by atoms with van der Waals surface area (Å²) in [6.45, 7) is 1.38. The molecule has 5 nitrogen and oxygen atoms in total. The predicted molar refractivity (Wildman–Crippen MR) is 52.0 cm³/mol. The lowest BCUT2D eigenvalue weighted by atomic mass is 10.2. The topological polar surface area (TPSA) is 75.4 Å². The van der Waals surface area contributed by atoms with Crippen LogP contribution >= 0.6 is 0 Å². The molecular weight excluding hydrogens is 182 g/mol. The first-order chi connectivity index (χ1) is 6.61. The maximum Gasteiger partial charge on any atom is 0.256 e. The van der Waals surface area contributed by atoms with Gasteiger partial charge in [-0.05, 0) is 12.8 Å². The number of amides is 2. The van der Waals surface area contributed by atoms with Gasteiger partial charge in [-0.25, -0.2) is 5.84 Å². The molecule has 14 heavy (non-hydrogen) atoms. The number of hydrazine groups is 1. The summed E-state index contributed by atoms with van der Waals surface area (Å²) < 4.78 is 0. The summed E-state index contributed by atoms with van der Waals surface area (Å²) in [6.07, 6.45) is 4.21. The molecule has 0 unspecified atom stereocenters. The molecule has 3 N–H and O–H groups in total. The van der Waals surface area contributed by atoms with E-state index >= 15 is 0 Å². The summed E-state index contributed by atoms with van der Waals surface area (Å²) in [4.78, 5) is 22.0. The first-order valence-electron chi connectivity index (χ1n) is 4.92. The van der Waals surface area contributed by atoms with Gasteiger partial charge in [-0.3, -0.25) is 14.6 Å². The van der Waals surface area contributed by atoms with E-state index in [1.807, 2.05) is 0 Å². The molecule has 0 spiro atoms. The number of hydrogen-bond acceptors (Lipinski definition) is 3. The van der Waals surface area contributed by atoms with Gasteiger partial charge in [0, 0.05) is 13.0 Å². The lowest BCUT2D eigenvalue weighted by Crippen LogP contribution is -2.48. The van der Waals surface area contributed by atoms with Crippen LogP contribution in [-0.2, 0) is 9.59 Å². The second-order valence-corrected chi connectivity index (χ2v) is 3.65. The fourth-order valence-corrected chi connectivity index (χ4v) is 1.68. The third-order valence-corrected chi connectivity index (χ3v) is 2.49. The van der Waals surface area contributed by atoms with E-state index < -0.39 is 0 Å². The number of hydrogen-bond donors (Lipinski definition) is 2. The third-order valence-electron chi connectivity index (χ3n) is 2.49. The fourth-order valence-electron chi connectivity index (χ4n) is 1.68. The molecule has 0 aromatic rings. The zero-order valence-corrected chi connectivity index (χ0v) is 8.45. The quantitative estimate of drug-likeness (QED) is 0.374. The highest BCUT2D eigenvalue weighted by Gasteiger charge is 2.23. The molecule has 1 fully saturated rings. The molecule has 0 bridgehead atoms. The average molecular weight is 199 g/mol. The maximum absolute atomic E-state index is 11.4. The van der Waals surface area contributed by atoms with Gasteiger partial charge in [-0.1, -0.05) is 12.8 Å². The van der Waals surface area contributed by atoms with Gasteiger partial charge in [0.15, 0.2) is 0 Å². The Morgan fingerprint density at radius 1 is 1.43 bits per heavy atom. The Labute approximate surface area is 83.6 Å². The molecule has 0 saturated heterocycles. The number of carbonyl (C=O) groups is 2. The van der Waals surface area contributed by atoms with Crippen LogP contribution in [0.15, 0.2) is 0 Å². The molecule has 0 aliphatic heterocycles. The summed E-state index contributed by atoms with van der Waals surface area (Å²) in [5.74, 6) is 5.22. The van der Waals surface area contributed by atoms with Crippen LogP contribution in [0.2, 0.25) is 0 Å². The third kappa shape index (κ3) is 2.99. The van der Waals surface area contributed by atoms with E-state index in [9.17, 15) is 9.59 Å². The van der Waals surface area contributed by atoms with Gasteiger partial charge in [-0.2, -0.15) is 0 Å². The first-order valence-corrected chi connectivity index (χ1v) is 4.92. The maximum atomic E-state index is 11.4. The molecule has 0 atom stereocenters. The lowest BCUT2D eigenvalue weighted by Gasteiger charge is -2.23. The molecular formula is C9H17N3O2. The van der Waals surface area contributed by atoms with E-state index in [1.165, 1.54) is 11.9 Å². The van der Waals surface area contributed by atoms with E-state index in [-0.39, 0.29) is 24.4 Å². The molecule has 2 amide bonds. The summed E-state index contributed by atoms with van der Waals surface area (Å²) >= 11 is 0. The minimum Gasteiger partial charge on any atom is -0.347 e. The van der Waals surface area contributed by atoms with Crippen LogP contribution < -0.4 is 11.2 Å². The van der Waals surface area contributed by atoms with E-state index in [0.29, 0.717) is 0 Å². The van der Waals surface area contributed by atoms with Gasteiger partial charge in [-0.15, -0.1) is 0 Å². The van der Waals surface area contributed by atoms with Crippen molar-refractivity contribution in [1.82, 2.24) is 10.3 Å². The van der Waals surface area contributed by atoms with Crippen molar-refractivity contribution < 1.29 is 9.59 Å². The number of nitrogens with two attached hydrogens (primary N) is 1. The van der Waals surface area contributed by atoms with Gasteiger partial charge in [0.25, 0.3) is 5.91 Å². The van der Waals surface area contributed by atoms with Crippen molar-refractivity contribution in [2.75, 3.05) is 6.54 Å². The Kier molecular flexibility index (Phi) is 3.88. The van der Waals surface area contributed by atoms with Crippen LogP contribution in [0.4, 0.5) is 0 Å². The normalized spacial score (nSPS) is 16.7. The van der Waals surface area contributed by atoms with E-state index in [1.54, 1.807) is 0 Å². The number of rotatable bonds is 3. The standard InChI is InChI=1S/C9H17N3O2/c1-7(13)11-6-9(14)12(10)8-4-2-3-5-8/h8H,2-6,10H2,1H3,(H,11,13). The van der Waals surface area contributed by atoms with Crippen LogP contribution in [-0.4, -0.2) is 29.4 Å². The van der Waals surface area contributed by atoms with E-state index in [2.05, 4.69) is 5.32 Å². The largest absolute Gasteiger partial charge is 0.347 e. The smallest absolute Gasteiger partial charge is 0.256 e. The van der Waals surface area contributed by atoms with Crippen molar-refractivity contribution in [1.29, 1.82) is 0 Å². The molecule has 80 valence electrons. The van der Waals surface area contributed by atoms with Crippen LogP contribution in [0.25, 0.3) is 0 Å². The zero-order chi connectivity index (χ0) is 10.6. The van der Waals surface area contributed by atoms with Gasteiger partial charge >= 0.3 is 0 Å². The molecule has 1 aliphatic carbocycles. The lowest BCUT2D eigenvalue weighted by molar-refractivity contribution is -0.134. The van der Waals surface area contributed by atoms with E-state index in [4.69, 9.17) is 5.84 Å².